The van der Waals surface area contributed by atoms with E-state index in [9.17, 15) is 14.7 Å². The number of carboxylic acids is 1. The zero-order chi connectivity index (χ0) is 22.7. The fourth-order valence-corrected chi connectivity index (χ4v) is 4.63. The van der Waals surface area contributed by atoms with Crippen LogP contribution >= 0.6 is 22.9 Å². The number of amides is 1. The third kappa shape index (κ3) is 5.55. The van der Waals surface area contributed by atoms with Crippen molar-refractivity contribution in [3.05, 3.63) is 27.2 Å². The standard InChI is InChI=1S/C20H28ClN5O4S/c1-5-12-16(21)25-17(23-12)18(27)24-13-6-7-26(8-14(13)30-9-10(2)3)20-22-11(4)15(31-20)19(28)29/h10,13-14H,5-9H2,1-4H3,(H,23,25)(H,24,27)(H,28,29)/t13-,14+/m0/s1. The van der Waals surface area contributed by atoms with Crippen LogP contribution in [0.1, 0.15) is 58.9 Å². The molecule has 0 spiro atoms. The van der Waals surface area contributed by atoms with Gasteiger partial charge in [-0.2, -0.15) is 0 Å². The van der Waals surface area contributed by atoms with Gasteiger partial charge in [-0.15, -0.1) is 0 Å². The van der Waals surface area contributed by atoms with Crippen LogP contribution in [0.15, 0.2) is 0 Å². The molecule has 3 heterocycles. The number of nitrogens with zero attached hydrogens (tertiary/aromatic N) is 3. The Morgan fingerprint density at radius 2 is 2.16 bits per heavy atom. The smallest absolute Gasteiger partial charge is 0.347 e. The van der Waals surface area contributed by atoms with Gasteiger partial charge in [0.15, 0.2) is 16.1 Å². The lowest BCUT2D eigenvalue weighted by Crippen LogP contribution is -2.55. The normalized spacial score (nSPS) is 19.1. The first kappa shape index (κ1) is 23.5. The van der Waals surface area contributed by atoms with E-state index in [0.717, 1.165) is 17.0 Å². The van der Waals surface area contributed by atoms with Crippen LogP contribution in [0.25, 0.3) is 0 Å². The van der Waals surface area contributed by atoms with Crippen LogP contribution in [-0.2, 0) is 11.2 Å². The Kier molecular flexibility index (Phi) is 7.55. The zero-order valence-electron chi connectivity index (χ0n) is 18.1. The molecular weight excluding hydrogens is 442 g/mol. The number of carboxylic acid groups (broad SMARTS) is 1. The molecule has 1 fully saturated rings. The molecule has 2 aromatic rings. The van der Waals surface area contributed by atoms with Crippen LogP contribution in [0.3, 0.4) is 0 Å². The fourth-order valence-electron chi connectivity index (χ4n) is 3.42. The van der Waals surface area contributed by atoms with E-state index >= 15 is 0 Å². The lowest BCUT2D eigenvalue weighted by Gasteiger charge is -2.38. The van der Waals surface area contributed by atoms with Crippen molar-refractivity contribution in [2.45, 2.75) is 52.7 Å². The Hall–Kier alpha value is -2.17. The molecule has 0 unspecified atom stereocenters. The van der Waals surface area contributed by atoms with E-state index in [1.165, 1.54) is 0 Å². The summed E-state index contributed by atoms with van der Waals surface area (Å²) in [5, 5.41) is 13.3. The molecule has 0 saturated carbocycles. The monoisotopic (exact) mass is 469 g/mol. The number of H-pyrrole nitrogens is 1. The van der Waals surface area contributed by atoms with Crippen molar-refractivity contribution < 1.29 is 19.4 Å². The lowest BCUT2D eigenvalue weighted by atomic mass is 10.0. The molecule has 11 heteroatoms. The van der Waals surface area contributed by atoms with Gasteiger partial charge >= 0.3 is 5.97 Å². The Balaban J connectivity index is 1.73. The number of thiazole rings is 1. The van der Waals surface area contributed by atoms with Gasteiger partial charge in [0.05, 0.1) is 23.5 Å². The van der Waals surface area contributed by atoms with E-state index < -0.39 is 5.97 Å². The maximum atomic E-state index is 12.7. The molecule has 1 saturated heterocycles. The van der Waals surface area contributed by atoms with E-state index in [0.29, 0.717) is 54.4 Å². The van der Waals surface area contributed by atoms with Gasteiger partial charge in [0.1, 0.15) is 4.88 Å². The van der Waals surface area contributed by atoms with E-state index in [-0.39, 0.29) is 28.8 Å². The van der Waals surface area contributed by atoms with Gasteiger partial charge in [-0.05, 0) is 25.7 Å². The molecule has 1 amide bonds. The summed E-state index contributed by atoms with van der Waals surface area (Å²) in [5.74, 6) is -0.770. The number of halogens is 1. The first-order valence-corrected chi connectivity index (χ1v) is 11.5. The average molecular weight is 470 g/mol. The Morgan fingerprint density at radius 3 is 2.74 bits per heavy atom. The molecule has 0 bridgehead atoms. The van der Waals surface area contributed by atoms with Gasteiger partial charge in [-0.25, -0.2) is 14.8 Å². The minimum atomic E-state index is -0.973. The maximum absolute atomic E-state index is 12.7. The molecule has 2 atom stereocenters. The topological polar surface area (TPSA) is 120 Å². The fraction of sp³-hybridized carbons (Fsp3) is 0.600. The predicted molar refractivity (Wildman–Crippen MR) is 119 cm³/mol. The van der Waals surface area contributed by atoms with Crippen molar-refractivity contribution in [1.29, 1.82) is 0 Å². The van der Waals surface area contributed by atoms with E-state index in [2.05, 4.69) is 34.1 Å². The summed E-state index contributed by atoms with van der Waals surface area (Å²) >= 11 is 7.23. The second-order valence-electron chi connectivity index (χ2n) is 8.00. The van der Waals surface area contributed by atoms with Crippen LogP contribution in [0.5, 0.6) is 0 Å². The Labute approximate surface area is 190 Å². The summed E-state index contributed by atoms with van der Waals surface area (Å²) in [5.41, 5.74) is 1.23. The van der Waals surface area contributed by atoms with Gasteiger partial charge in [-0.3, -0.25) is 4.79 Å². The molecule has 3 N–H and O–H groups in total. The summed E-state index contributed by atoms with van der Waals surface area (Å²) in [4.78, 5) is 37.9. The van der Waals surface area contributed by atoms with Crippen molar-refractivity contribution in [3.63, 3.8) is 0 Å². The third-order valence-corrected chi connectivity index (χ3v) is 6.59. The van der Waals surface area contributed by atoms with Gasteiger partial charge in [0.25, 0.3) is 5.91 Å². The molecule has 0 radical (unpaired) electrons. The van der Waals surface area contributed by atoms with Crippen molar-refractivity contribution >= 4 is 39.9 Å². The summed E-state index contributed by atoms with van der Waals surface area (Å²) in [6, 6.07) is -0.212. The number of hydrogen-bond acceptors (Lipinski definition) is 7. The number of anilines is 1. The zero-order valence-corrected chi connectivity index (χ0v) is 19.6. The molecular formula is C20H28ClN5O4S. The molecule has 31 heavy (non-hydrogen) atoms. The van der Waals surface area contributed by atoms with Gasteiger partial charge in [0.2, 0.25) is 0 Å². The highest BCUT2D eigenvalue weighted by Crippen LogP contribution is 2.29. The maximum Gasteiger partial charge on any atom is 0.347 e. The van der Waals surface area contributed by atoms with E-state index in [1.54, 1.807) is 6.92 Å². The molecule has 9 nitrogen and oxygen atoms in total. The van der Waals surface area contributed by atoms with Gasteiger partial charge in [-0.1, -0.05) is 43.7 Å². The van der Waals surface area contributed by atoms with E-state index in [4.69, 9.17) is 16.3 Å². The molecule has 2 aromatic heterocycles. The van der Waals surface area contributed by atoms with Crippen LogP contribution in [0.4, 0.5) is 5.13 Å². The molecule has 170 valence electrons. The number of piperidine rings is 1. The summed E-state index contributed by atoms with van der Waals surface area (Å²) < 4.78 is 6.13. The summed E-state index contributed by atoms with van der Waals surface area (Å²) in [6.45, 7) is 9.43. The first-order valence-electron chi connectivity index (χ1n) is 10.3. The number of carbonyl (C=O) groups excluding carboxylic acids is 1. The number of rotatable bonds is 8. The predicted octanol–water partition coefficient (Wildman–Crippen LogP) is 3.14. The summed E-state index contributed by atoms with van der Waals surface area (Å²) in [7, 11) is 0. The van der Waals surface area contributed by atoms with Crippen LogP contribution in [-0.4, -0.2) is 63.8 Å². The van der Waals surface area contributed by atoms with Gasteiger partial charge in [0, 0.05) is 19.7 Å². The lowest BCUT2D eigenvalue weighted by molar-refractivity contribution is 0.00705. The van der Waals surface area contributed by atoms with Crippen molar-refractivity contribution in [1.82, 2.24) is 20.3 Å². The molecule has 1 aliphatic rings. The SMILES string of the molecule is CCc1[nH]c(C(=O)N[C@H]2CCN(c3nc(C)c(C(=O)O)s3)C[C@H]2OCC(C)C)nc1Cl. The van der Waals surface area contributed by atoms with E-state index in [1.807, 2.05) is 11.8 Å². The largest absolute Gasteiger partial charge is 0.477 e. The number of hydrogen-bond donors (Lipinski definition) is 3. The quantitative estimate of drug-likeness (QED) is 0.543. The van der Waals surface area contributed by atoms with Crippen molar-refractivity contribution in [3.8, 4) is 0 Å². The highest BCUT2D eigenvalue weighted by molar-refractivity contribution is 7.17. The van der Waals surface area contributed by atoms with Crippen molar-refractivity contribution in [2.24, 2.45) is 5.92 Å². The number of aromatic carboxylic acids is 1. The summed E-state index contributed by atoms with van der Waals surface area (Å²) in [6.07, 6.45) is 1.02. The number of aryl methyl sites for hydroxylation is 2. The number of aromatic nitrogens is 3. The minimum absolute atomic E-state index is 0.188. The second-order valence-corrected chi connectivity index (χ2v) is 9.34. The highest BCUT2D eigenvalue weighted by Gasteiger charge is 2.34. The van der Waals surface area contributed by atoms with Crippen LogP contribution in [0.2, 0.25) is 5.15 Å². The minimum Gasteiger partial charge on any atom is -0.477 e. The Morgan fingerprint density at radius 1 is 1.42 bits per heavy atom. The number of ether oxygens (including phenoxy) is 1. The van der Waals surface area contributed by atoms with Gasteiger partial charge < -0.3 is 25.0 Å². The van der Waals surface area contributed by atoms with Crippen LogP contribution < -0.4 is 10.2 Å². The molecule has 3 rings (SSSR count). The number of aromatic amines is 1. The molecule has 1 aliphatic heterocycles. The van der Waals surface area contributed by atoms with Crippen molar-refractivity contribution in [2.75, 3.05) is 24.6 Å². The second kappa shape index (κ2) is 9.97. The van der Waals surface area contributed by atoms with Crippen LogP contribution in [0, 0.1) is 12.8 Å². The third-order valence-electron chi connectivity index (χ3n) is 5.07. The first-order chi connectivity index (χ1) is 14.7. The number of nitrogens with one attached hydrogen (secondary N) is 2. The molecule has 0 aliphatic carbocycles. The Bertz CT molecular complexity index is 944. The number of imidazole rings is 1. The highest BCUT2D eigenvalue weighted by atomic mass is 35.5. The molecule has 0 aromatic carbocycles. The average Bonchev–Trinajstić information content (AvgIpc) is 3.29. The number of carbonyl (C=O) groups is 2.